The molecule has 1 aliphatic rings. The van der Waals surface area contributed by atoms with Crippen LogP contribution < -0.4 is 5.32 Å². The van der Waals surface area contributed by atoms with Crippen molar-refractivity contribution in [3.63, 3.8) is 0 Å². The molecule has 5 heteroatoms. The summed E-state index contributed by atoms with van der Waals surface area (Å²) in [6, 6.07) is 14.1. The lowest BCUT2D eigenvalue weighted by molar-refractivity contribution is 0.0652. The average Bonchev–Trinajstić information content (AvgIpc) is 2.83. The van der Waals surface area contributed by atoms with Gasteiger partial charge in [0.2, 0.25) is 0 Å². The summed E-state index contributed by atoms with van der Waals surface area (Å²) in [5.74, 6) is -0.180. The Labute approximate surface area is 140 Å². The van der Waals surface area contributed by atoms with Gasteiger partial charge in [0, 0.05) is 12.6 Å². The third kappa shape index (κ3) is 3.16. The van der Waals surface area contributed by atoms with Crippen molar-refractivity contribution in [3.05, 3.63) is 65.2 Å². The summed E-state index contributed by atoms with van der Waals surface area (Å²) >= 11 is 0. The molecular weight excluding hydrogens is 304 g/mol. The second-order valence-corrected chi connectivity index (χ2v) is 5.93. The van der Waals surface area contributed by atoms with Crippen LogP contribution >= 0.6 is 0 Å². The number of phenols is 1. The van der Waals surface area contributed by atoms with Crippen molar-refractivity contribution in [3.8, 4) is 5.75 Å². The molecule has 3 rings (SSSR count). The lowest BCUT2D eigenvalue weighted by Crippen LogP contribution is -2.32. The molecule has 0 spiro atoms. The number of fused-ring (bicyclic) bond motifs is 1. The number of aromatic hydroxyl groups is 1. The number of nitrogens with one attached hydrogen (secondary N) is 1. The number of hydrogen-bond donors (Lipinski definition) is 2. The zero-order valence-electron chi connectivity index (χ0n) is 13.5. The number of nitrogens with zero attached hydrogens (tertiary/aromatic N) is 1. The minimum atomic E-state index is -0.211. The number of amides is 2. The first kappa shape index (κ1) is 16.2. The van der Waals surface area contributed by atoms with E-state index in [0.717, 1.165) is 5.56 Å². The van der Waals surface area contributed by atoms with Crippen molar-refractivity contribution in [2.45, 2.75) is 19.4 Å². The number of benzene rings is 2. The van der Waals surface area contributed by atoms with Gasteiger partial charge >= 0.3 is 0 Å². The van der Waals surface area contributed by atoms with Crippen LogP contribution in [0, 0.1) is 0 Å². The van der Waals surface area contributed by atoms with Gasteiger partial charge in [-0.2, -0.15) is 0 Å². The first-order chi connectivity index (χ1) is 11.6. The summed E-state index contributed by atoms with van der Waals surface area (Å²) in [7, 11) is 0. The summed E-state index contributed by atoms with van der Waals surface area (Å²) in [6.07, 6.45) is 0.675. The third-order valence-electron chi connectivity index (χ3n) is 4.26. The Morgan fingerprint density at radius 3 is 2.33 bits per heavy atom. The molecule has 5 nitrogen and oxygen atoms in total. The van der Waals surface area contributed by atoms with Gasteiger partial charge in [0.05, 0.1) is 11.1 Å². The minimum Gasteiger partial charge on any atom is -0.508 e. The largest absolute Gasteiger partial charge is 0.508 e. The van der Waals surface area contributed by atoms with Crippen LogP contribution in [0.15, 0.2) is 48.5 Å². The van der Waals surface area contributed by atoms with E-state index in [1.165, 1.54) is 4.90 Å². The van der Waals surface area contributed by atoms with Crippen LogP contribution in [-0.2, 0) is 0 Å². The Bertz CT molecular complexity index is 738. The molecule has 2 amide bonds. The molecule has 0 saturated heterocycles. The fourth-order valence-corrected chi connectivity index (χ4v) is 2.91. The topological polar surface area (TPSA) is 69.6 Å². The summed E-state index contributed by atoms with van der Waals surface area (Å²) in [5, 5.41) is 12.9. The highest BCUT2D eigenvalue weighted by molar-refractivity contribution is 6.21. The summed E-state index contributed by atoms with van der Waals surface area (Å²) in [4.78, 5) is 25.8. The highest BCUT2D eigenvalue weighted by Gasteiger charge is 2.34. The van der Waals surface area contributed by atoms with Crippen LogP contribution in [0.1, 0.15) is 45.7 Å². The Kier molecular flexibility index (Phi) is 4.62. The Balaban J connectivity index is 1.51. The second kappa shape index (κ2) is 6.84. The van der Waals surface area contributed by atoms with Gasteiger partial charge in [0.15, 0.2) is 0 Å². The lowest BCUT2D eigenvalue weighted by atomic mass is 10.1. The van der Waals surface area contributed by atoms with Gasteiger partial charge in [-0.05, 0) is 49.7 Å². The molecule has 2 N–H and O–H groups in total. The predicted molar refractivity (Wildman–Crippen MR) is 91.0 cm³/mol. The van der Waals surface area contributed by atoms with Crippen LogP contribution in [-0.4, -0.2) is 34.9 Å². The summed E-state index contributed by atoms with van der Waals surface area (Å²) in [5.41, 5.74) is 1.97. The van der Waals surface area contributed by atoms with E-state index in [2.05, 4.69) is 5.32 Å². The van der Waals surface area contributed by atoms with Crippen LogP contribution in [0.4, 0.5) is 0 Å². The average molecular weight is 324 g/mol. The molecule has 2 aromatic rings. The third-order valence-corrected chi connectivity index (χ3v) is 4.26. The molecular formula is C19H20N2O3. The SMILES string of the molecule is CC(NCCCN1C(=O)c2ccccc2C1=O)c1cccc(O)c1. The maximum Gasteiger partial charge on any atom is 0.261 e. The zero-order chi connectivity index (χ0) is 17.1. The quantitative estimate of drug-likeness (QED) is 0.633. The molecule has 2 aromatic carbocycles. The number of imide groups is 1. The molecule has 1 aliphatic heterocycles. The van der Waals surface area contributed by atoms with E-state index in [9.17, 15) is 14.7 Å². The fraction of sp³-hybridized carbons (Fsp3) is 0.263. The molecule has 124 valence electrons. The maximum absolute atomic E-state index is 12.3. The highest BCUT2D eigenvalue weighted by Crippen LogP contribution is 2.22. The van der Waals surface area contributed by atoms with E-state index in [4.69, 9.17) is 0 Å². The number of phenolic OH excluding ortho intramolecular Hbond substituents is 1. The maximum atomic E-state index is 12.3. The molecule has 0 bridgehead atoms. The zero-order valence-corrected chi connectivity index (χ0v) is 13.5. The van der Waals surface area contributed by atoms with E-state index in [1.807, 2.05) is 19.1 Å². The van der Waals surface area contributed by atoms with Gasteiger partial charge in [-0.3, -0.25) is 14.5 Å². The van der Waals surface area contributed by atoms with E-state index >= 15 is 0 Å². The Hall–Kier alpha value is -2.66. The van der Waals surface area contributed by atoms with Gasteiger partial charge in [-0.15, -0.1) is 0 Å². The highest BCUT2D eigenvalue weighted by atomic mass is 16.3. The van der Waals surface area contributed by atoms with E-state index in [-0.39, 0.29) is 23.6 Å². The molecule has 1 atom stereocenters. The molecule has 0 aliphatic carbocycles. The molecule has 1 unspecified atom stereocenters. The van der Waals surface area contributed by atoms with Crippen LogP contribution in [0.5, 0.6) is 5.75 Å². The smallest absolute Gasteiger partial charge is 0.261 e. The van der Waals surface area contributed by atoms with Crippen molar-refractivity contribution >= 4 is 11.8 Å². The van der Waals surface area contributed by atoms with Gasteiger partial charge < -0.3 is 10.4 Å². The predicted octanol–water partition coefficient (Wildman–Crippen LogP) is 2.73. The Morgan fingerprint density at radius 1 is 1.04 bits per heavy atom. The lowest BCUT2D eigenvalue weighted by Gasteiger charge is -2.17. The number of carbonyl (C=O) groups excluding carboxylic acids is 2. The number of carbonyl (C=O) groups is 2. The van der Waals surface area contributed by atoms with Gasteiger partial charge in [-0.25, -0.2) is 0 Å². The molecule has 24 heavy (non-hydrogen) atoms. The normalized spacial score (nSPS) is 14.8. The van der Waals surface area contributed by atoms with E-state index in [0.29, 0.717) is 30.6 Å². The van der Waals surface area contributed by atoms with Gasteiger partial charge in [0.1, 0.15) is 5.75 Å². The summed E-state index contributed by atoms with van der Waals surface area (Å²) in [6.45, 7) is 3.08. The van der Waals surface area contributed by atoms with Crippen molar-refractivity contribution in [1.82, 2.24) is 10.2 Å². The first-order valence-electron chi connectivity index (χ1n) is 8.05. The number of rotatable bonds is 6. The second-order valence-electron chi connectivity index (χ2n) is 5.93. The molecule has 0 saturated carbocycles. The van der Waals surface area contributed by atoms with Crippen molar-refractivity contribution in [2.75, 3.05) is 13.1 Å². The van der Waals surface area contributed by atoms with Crippen molar-refractivity contribution < 1.29 is 14.7 Å². The van der Waals surface area contributed by atoms with Gasteiger partial charge in [0.25, 0.3) is 11.8 Å². The fourth-order valence-electron chi connectivity index (χ4n) is 2.91. The van der Waals surface area contributed by atoms with Crippen LogP contribution in [0.2, 0.25) is 0 Å². The minimum absolute atomic E-state index is 0.0827. The standard InChI is InChI=1S/C19H20N2O3/c1-13(14-6-4-7-15(22)12-14)20-10-5-11-21-18(23)16-8-2-3-9-17(16)19(21)24/h2-4,6-9,12-13,20,22H,5,10-11H2,1H3. The number of hydrogen-bond acceptors (Lipinski definition) is 4. The molecule has 0 radical (unpaired) electrons. The monoisotopic (exact) mass is 324 g/mol. The Morgan fingerprint density at radius 2 is 1.71 bits per heavy atom. The van der Waals surface area contributed by atoms with Crippen molar-refractivity contribution in [1.29, 1.82) is 0 Å². The first-order valence-corrected chi connectivity index (χ1v) is 8.05. The molecule has 1 heterocycles. The van der Waals surface area contributed by atoms with Gasteiger partial charge in [-0.1, -0.05) is 24.3 Å². The summed E-state index contributed by atoms with van der Waals surface area (Å²) < 4.78 is 0. The van der Waals surface area contributed by atoms with E-state index < -0.39 is 0 Å². The molecule has 0 fully saturated rings. The van der Waals surface area contributed by atoms with Crippen LogP contribution in [0.25, 0.3) is 0 Å². The van der Waals surface area contributed by atoms with Crippen LogP contribution in [0.3, 0.4) is 0 Å². The molecule has 0 aromatic heterocycles. The van der Waals surface area contributed by atoms with E-state index in [1.54, 1.807) is 36.4 Å². The van der Waals surface area contributed by atoms with Crippen molar-refractivity contribution in [2.24, 2.45) is 0 Å².